The summed E-state index contributed by atoms with van der Waals surface area (Å²) in [4.78, 5) is 20.2. The van der Waals surface area contributed by atoms with Crippen molar-refractivity contribution in [3.8, 4) is 11.3 Å². The molecule has 1 atom stereocenters. The van der Waals surface area contributed by atoms with E-state index >= 15 is 0 Å². The first-order valence-electron chi connectivity index (χ1n) is 7.60. The van der Waals surface area contributed by atoms with Crippen molar-refractivity contribution < 1.29 is 27.2 Å². The lowest BCUT2D eigenvalue weighted by Crippen LogP contribution is -2.31. The maximum atomic E-state index is 14.4. The van der Waals surface area contributed by atoms with E-state index in [0.717, 1.165) is 6.07 Å². The molecule has 28 heavy (non-hydrogen) atoms. The summed E-state index contributed by atoms with van der Waals surface area (Å²) < 4.78 is 52.8. The quantitative estimate of drug-likeness (QED) is 0.430. The highest BCUT2D eigenvalue weighted by atomic mass is 35.5. The lowest BCUT2D eigenvalue weighted by molar-refractivity contribution is -0.137. The molecule has 0 N–H and O–H groups in total. The fraction of sp³-hybridized carbons (Fsp3) is 0.235. The van der Waals surface area contributed by atoms with Crippen LogP contribution in [0.1, 0.15) is 24.5 Å². The van der Waals surface area contributed by atoms with Crippen LogP contribution in [-0.2, 0) is 15.8 Å². The molecule has 0 amide bonds. The molecule has 0 radical (unpaired) electrons. The Morgan fingerprint density at radius 3 is 2.39 bits per heavy atom. The molecule has 11 heteroatoms. The predicted molar refractivity (Wildman–Crippen MR) is 96.2 cm³/mol. The van der Waals surface area contributed by atoms with Gasteiger partial charge in [0.05, 0.1) is 27.0 Å². The van der Waals surface area contributed by atoms with Crippen molar-refractivity contribution in [1.29, 1.82) is 0 Å². The summed E-state index contributed by atoms with van der Waals surface area (Å²) in [5, 5.41) is 2.56. The summed E-state index contributed by atoms with van der Waals surface area (Å²) in [5.41, 5.74) is -2.45. The number of oxime groups is 1. The molecule has 2 aromatic rings. The van der Waals surface area contributed by atoms with Gasteiger partial charge in [0.2, 0.25) is 5.60 Å². The van der Waals surface area contributed by atoms with Gasteiger partial charge in [-0.3, -0.25) is 9.78 Å². The molecule has 4 nitrogen and oxygen atoms in total. The normalized spacial score (nSPS) is 19.4. The number of benzene rings is 1. The minimum absolute atomic E-state index is 0.0334. The lowest BCUT2D eigenvalue weighted by atomic mass is 9.95. The summed E-state index contributed by atoms with van der Waals surface area (Å²) in [5.74, 6) is -0.849. The summed E-state index contributed by atoms with van der Waals surface area (Å²) in [6, 6.07) is 2.82. The van der Waals surface area contributed by atoms with E-state index < -0.39 is 33.4 Å². The second-order valence-electron chi connectivity index (χ2n) is 6.17. The van der Waals surface area contributed by atoms with Gasteiger partial charge in [0.15, 0.2) is 0 Å². The molecule has 0 saturated carbocycles. The number of hydrogen-bond acceptors (Lipinski definition) is 4. The summed E-state index contributed by atoms with van der Waals surface area (Å²) in [7, 11) is 0. The zero-order chi connectivity index (χ0) is 20.9. The Hall–Kier alpha value is -1.90. The number of alkyl halides is 3. The molecule has 2 heterocycles. The highest BCUT2D eigenvalue weighted by Crippen LogP contribution is 2.38. The molecule has 1 aromatic heterocycles. The summed E-state index contributed by atoms with van der Waals surface area (Å²) >= 11 is 17.5. The predicted octanol–water partition coefficient (Wildman–Crippen LogP) is 5.86. The Balaban J connectivity index is 2.06. The van der Waals surface area contributed by atoms with Gasteiger partial charge in [-0.05, 0) is 36.7 Å². The number of carbonyl (C=O) groups is 1. The van der Waals surface area contributed by atoms with Gasteiger partial charge in [0.1, 0.15) is 5.82 Å². The minimum Gasteiger partial charge on any atom is -0.379 e. The van der Waals surface area contributed by atoms with E-state index in [4.69, 9.17) is 39.6 Å². The van der Waals surface area contributed by atoms with Gasteiger partial charge in [0, 0.05) is 23.7 Å². The van der Waals surface area contributed by atoms with E-state index in [1.165, 1.54) is 13.0 Å². The summed E-state index contributed by atoms with van der Waals surface area (Å²) in [6.07, 6.45) is -4.13. The third-order valence-corrected chi connectivity index (χ3v) is 5.07. The van der Waals surface area contributed by atoms with Crippen LogP contribution in [0.5, 0.6) is 0 Å². The van der Waals surface area contributed by atoms with Gasteiger partial charge in [-0.1, -0.05) is 28.4 Å². The van der Waals surface area contributed by atoms with Gasteiger partial charge in [-0.15, -0.1) is 0 Å². The van der Waals surface area contributed by atoms with Crippen molar-refractivity contribution >= 4 is 45.8 Å². The van der Waals surface area contributed by atoms with Crippen LogP contribution in [0.25, 0.3) is 11.3 Å². The van der Waals surface area contributed by atoms with E-state index in [1.54, 1.807) is 0 Å². The molecule has 1 aliphatic heterocycles. The second kappa shape index (κ2) is 7.17. The van der Waals surface area contributed by atoms with E-state index in [1.807, 2.05) is 0 Å². The van der Waals surface area contributed by atoms with Gasteiger partial charge in [0.25, 0.3) is 5.24 Å². The molecule has 3 rings (SSSR count). The molecule has 0 saturated heterocycles. The Kier molecular flexibility index (Phi) is 5.33. The lowest BCUT2D eigenvalue weighted by Gasteiger charge is -2.15. The van der Waals surface area contributed by atoms with E-state index in [0.29, 0.717) is 12.3 Å². The van der Waals surface area contributed by atoms with Crippen molar-refractivity contribution in [3.05, 3.63) is 51.4 Å². The third kappa shape index (κ3) is 3.81. The largest absolute Gasteiger partial charge is 0.417 e. The average Bonchev–Trinajstić information content (AvgIpc) is 2.98. The average molecular weight is 456 g/mol. The molecule has 148 valence electrons. The fourth-order valence-electron chi connectivity index (χ4n) is 2.53. The fourth-order valence-corrected chi connectivity index (χ4v) is 3.16. The third-order valence-electron chi connectivity index (χ3n) is 4.07. The number of hydrogen-bond donors (Lipinski definition) is 0. The topological polar surface area (TPSA) is 51.5 Å². The zero-order valence-electron chi connectivity index (χ0n) is 13.9. The Morgan fingerprint density at radius 1 is 1.18 bits per heavy atom. The SMILES string of the molecule is CC1(C(=O)Cl)CC(c2cc(-c3ncc(C(F)(F)F)cc3Cl)c(F)cc2Cl)=NO1. The Bertz CT molecular complexity index is 1010. The van der Waals surface area contributed by atoms with Crippen LogP contribution in [0.2, 0.25) is 10.0 Å². The van der Waals surface area contributed by atoms with Crippen molar-refractivity contribution in [2.45, 2.75) is 25.1 Å². The van der Waals surface area contributed by atoms with Crippen LogP contribution in [0.15, 0.2) is 29.6 Å². The monoisotopic (exact) mass is 454 g/mol. The van der Waals surface area contributed by atoms with Gasteiger partial charge in [-0.2, -0.15) is 13.2 Å². The molecule has 1 aromatic carbocycles. The zero-order valence-corrected chi connectivity index (χ0v) is 16.1. The standard InChI is InChI=1S/C17H9Cl3F4N2O2/c1-16(15(20)27)5-13(26-28-16)8-3-9(12(21)4-10(8)18)14-11(19)2-7(6-25-14)17(22,23)24/h2-4,6H,5H2,1H3. The maximum Gasteiger partial charge on any atom is 0.417 e. The highest BCUT2D eigenvalue weighted by Gasteiger charge is 2.41. The molecular formula is C17H9Cl3F4N2O2. The van der Waals surface area contributed by atoms with Gasteiger partial charge >= 0.3 is 6.18 Å². The van der Waals surface area contributed by atoms with Crippen molar-refractivity contribution in [2.24, 2.45) is 5.16 Å². The van der Waals surface area contributed by atoms with Crippen molar-refractivity contribution in [3.63, 3.8) is 0 Å². The number of rotatable bonds is 3. The molecule has 1 aliphatic rings. The molecule has 0 bridgehead atoms. The first-order chi connectivity index (χ1) is 12.9. The van der Waals surface area contributed by atoms with E-state index in [9.17, 15) is 22.4 Å². The van der Waals surface area contributed by atoms with Crippen LogP contribution >= 0.6 is 34.8 Å². The maximum absolute atomic E-state index is 14.4. The van der Waals surface area contributed by atoms with Crippen LogP contribution in [-0.4, -0.2) is 21.5 Å². The van der Waals surface area contributed by atoms with Crippen LogP contribution < -0.4 is 0 Å². The van der Waals surface area contributed by atoms with Crippen LogP contribution in [0, 0.1) is 5.82 Å². The Morgan fingerprint density at radius 2 is 1.86 bits per heavy atom. The summed E-state index contributed by atoms with van der Waals surface area (Å²) in [6.45, 7) is 1.42. The number of pyridine rings is 1. The minimum atomic E-state index is -4.65. The van der Waals surface area contributed by atoms with Crippen molar-refractivity contribution in [1.82, 2.24) is 4.98 Å². The van der Waals surface area contributed by atoms with E-state index in [2.05, 4.69) is 10.1 Å². The molecule has 0 aliphatic carbocycles. The van der Waals surface area contributed by atoms with Crippen LogP contribution in [0.3, 0.4) is 0 Å². The smallest absolute Gasteiger partial charge is 0.379 e. The number of nitrogens with zero attached hydrogens (tertiary/aromatic N) is 2. The first-order valence-corrected chi connectivity index (χ1v) is 8.73. The number of aromatic nitrogens is 1. The Labute approximate surface area is 171 Å². The van der Waals surface area contributed by atoms with Gasteiger partial charge < -0.3 is 4.84 Å². The molecule has 0 spiro atoms. The molecular weight excluding hydrogens is 447 g/mol. The number of halogens is 7. The van der Waals surface area contributed by atoms with Crippen molar-refractivity contribution in [2.75, 3.05) is 0 Å². The molecule has 0 fully saturated rings. The number of carbonyl (C=O) groups excluding carboxylic acids is 1. The molecule has 1 unspecified atom stereocenters. The second-order valence-corrected chi connectivity index (χ2v) is 7.33. The first kappa shape index (κ1) is 20.8. The van der Waals surface area contributed by atoms with Gasteiger partial charge in [-0.25, -0.2) is 4.39 Å². The van der Waals surface area contributed by atoms with Crippen LogP contribution in [0.4, 0.5) is 17.6 Å². The van der Waals surface area contributed by atoms with E-state index in [-0.39, 0.29) is 34.0 Å². The highest BCUT2D eigenvalue weighted by molar-refractivity contribution is 6.65.